The Labute approximate surface area is 73.4 Å². The van der Waals surface area contributed by atoms with Crippen LogP contribution in [0, 0.1) is 0 Å². The van der Waals surface area contributed by atoms with Gasteiger partial charge in [0.05, 0.1) is 6.20 Å². The van der Waals surface area contributed by atoms with Gasteiger partial charge in [-0.05, 0) is 0 Å². The van der Waals surface area contributed by atoms with Crippen LogP contribution in [-0.2, 0) is 0 Å². The number of nitrogens with zero attached hydrogens (tertiary/aromatic N) is 3. The zero-order valence-corrected chi connectivity index (χ0v) is 6.64. The first-order valence-electron chi connectivity index (χ1n) is 3.61. The standard InChI is InChI=1S/C7H7N5O/c8-11-7(13)5-4-12-2-1-9-3-6(12)10-5/h1-4H,8H2,(H,11,13). The van der Waals surface area contributed by atoms with E-state index in [2.05, 4.69) is 9.97 Å². The van der Waals surface area contributed by atoms with E-state index in [0.717, 1.165) is 0 Å². The van der Waals surface area contributed by atoms with Gasteiger partial charge < -0.3 is 4.40 Å². The molecule has 0 atom stereocenters. The molecule has 1 amide bonds. The Bertz CT molecular complexity index is 416. The number of nitrogens with one attached hydrogen (secondary N) is 1. The number of carbonyl (C=O) groups excluding carboxylic acids is 1. The summed E-state index contributed by atoms with van der Waals surface area (Å²) >= 11 is 0. The van der Waals surface area contributed by atoms with Crippen molar-refractivity contribution >= 4 is 11.6 Å². The highest BCUT2D eigenvalue weighted by Gasteiger charge is 2.07. The lowest BCUT2D eigenvalue weighted by Crippen LogP contribution is -2.30. The van der Waals surface area contributed by atoms with Crippen LogP contribution in [-0.4, -0.2) is 20.3 Å². The molecule has 0 aromatic carbocycles. The van der Waals surface area contributed by atoms with Crippen molar-refractivity contribution in [2.75, 3.05) is 0 Å². The second-order valence-electron chi connectivity index (χ2n) is 2.44. The van der Waals surface area contributed by atoms with Gasteiger partial charge in [-0.1, -0.05) is 0 Å². The summed E-state index contributed by atoms with van der Waals surface area (Å²) in [5.74, 6) is 4.55. The van der Waals surface area contributed by atoms with Crippen LogP contribution in [0.15, 0.2) is 24.8 Å². The molecule has 13 heavy (non-hydrogen) atoms. The number of hydrogen-bond acceptors (Lipinski definition) is 4. The molecule has 2 aromatic heterocycles. The smallest absolute Gasteiger partial charge is 0.285 e. The largest absolute Gasteiger partial charge is 0.303 e. The predicted molar refractivity (Wildman–Crippen MR) is 44.6 cm³/mol. The molecule has 0 spiro atoms. The minimum Gasteiger partial charge on any atom is -0.303 e. The van der Waals surface area contributed by atoms with E-state index in [-0.39, 0.29) is 5.69 Å². The quantitative estimate of drug-likeness (QED) is 0.344. The molecular weight excluding hydrogens is 170 g/mol. The van der Waals surface area contributed by atoms with Crippen LogP contribution >= 0.6 is 0 Å². The average Bonchev–Trinajstić information content (AvgIpc) is 2.59. The number of aromatic nitrogens is 3. The lowest BCUT2D eigenvalue weighted by Gasteiger charge is -1.89. The summed E-state index contributed by atoms with van der Waals surface area (Å²) in [6, 6.07) is 0. The van der Waals surface area contributed by atoms with Gasteiger partial charge >= 0.3 is 0 Å². The van der Waals surface area contributed by atoms with Gasteiger partial charge in [-0.3, -0.25) is 15.2 Å². The molecule has 3 N–H and O–H groups in total. The first-order valence-corrected chi connectivity index (χ1v) is 3.61. The van der Waals surface area contributed by atoms with Crippen molar-refractivity contribution in [1.29, 1.82) is 0 Å². The Kier molecular flexibility index (Phi) is 1.67. The van der Waals surface area contributed by atoms with Crippen molar-refractivity contribution in [1.82, 2.24) is 19.8 Å². The molecule has 0 fully saturated rings. The summed E-state index contributed by atoms with van der Waals surface area (Å²) in [5.41, 5.74) is 2.89. The van der Waals surface area contributed by atoms with Crippen LogP contribution in [0.5, 0.6) is 0 Å². The SMILES string of the molecule is NNC(=O)c1cn2ccncc2n1. The predicted octanol–water partition coefficient (Wildman–Crippen LogP) is -0.667. The van der Waals surface area contributed by atoms with E-state index in [1.165, 1.54) is 0 Å². The first-order chi connectivity index (χ1) is 6.31. The molecule has 0 bridgehead atoms. The van der Waals surface area contributed by atoms with E-state index in [4.69, 9.17) is 5.84 Å². The van der Waals surface area contributed by atoms with Crippen LogP contribution in [0.25, 0.3) is 5.65 Å². The topological polar surface area (TPSA) is 85.3 Å². The van der Waals surface area contributed by atoms with E-state index < -0.39 is 5.91 Å². The molecule has 0 aliphatic heterocycles. The van der Waals surface area contributed by atoms with Crippen LogP contribution in [0.1, 0.15) is 10.5 Å². The zero-order valence-electron chi connectivity index (χ0n) is 6.64. The molecule has 6 heteroatoms. The zero-order chi connectivity index (χ0) is 9.26. The highest BCUT2D eigenvalue weighted by atomic mass is 16.2. The maximum absolute atomic E-state index is 11.1. The van der Waals surface area contributed by atoms with Crippen LogP contribution < -0.4 is 11.3 Å². The molecule has 0 saturated carbocycles. The van der Waals surface area contributed by atoms with Gasteiger partial charge in [-0.15, -0.1) is 0 Å². The summed E-state index contributed by atoms with van der Waals surface area (Å²) in [6.07, 6.45) is 6.46. The Morgan fingerprint density at radius 3 is 3.15 bits per heavy atom. The van der Waals surface area contributed by atoms with Crippen molar-refractivity contribution < 1.29 is 4.79 Å². The summed E-state index contributed by atoms with van der Waals surface area (Å²) in [5, 5.41) is 0. The second-order valence-corrected chi connectivity index (χ2v) is 2.44. The molecule has 66 valence electrons. The number of hydrogen-bond donors (Lipinski definition) is 2. The minimum absolute atomic E-state index is 0.274. The molecule has 6 nitrogen and oxygen atoms in total. The molecule has 0 radical (unpaired) electrons. The fourth-order valence-corrected chi connectivity index (χ4v) is 1.03. The van der Waals surface area contributed by atoms with E-state index in [9.17, 15) is 4.79 Å². The fourth-order valence-electron chi connectivity index (χ4n) is 1.03. The molecule has 0 aliphatic carbocycles. The number of carbonyl (C=O) groups is 1. The van der Waals surface area contributed by atoms with E-state index in [1.807, 2.05) is 5.43 Å². The number of fused-ring (bicyclic) bond motifs is 1. The first kappa shape index (κ1) is 7.69. The fraction of sp³-hybridized carbons (Fsp3) is 0. The molecular formula is C7H7N5O. The van der Waals surface area contributed by atoms with Gasteiger partial charge in [0.2, 0.25) is 0 Å². The Morgan fingerprint density at radius 1 is 1.62 bits per heavy atom. The third-order valence-electron chi connectivity index (χ3n) is 1.63. The van der Waals surface area contributed by atoms with Gasteiger partial charge in [0.25, 0.3) is 5.91 Å². The average molecular weight is 177 g/mol. The summed E-state index contributed by atoms with van der Waals surface area (Å²) in [6.45, 7) is 0. The molecule has 2 aromatic rings. The van der Waals surface area contributed by atoms with Crippen LogP contribution in [0.2, 0.25) is 0 Å². The van der Waals surface area contributed by atoms with Gasteiger partial charge in [-0.2, -0.15) is 0 Å². The number of rotatable bonds is 1. The molecule has 0 saturated heterocycles. The number of hydrazine groups is 1. The van der Waals surface area contributed by atoms with Crippen LogP contribution in [0.3, 0.4) is 0 Å². The molecule has 0 unspecified atom stereocenters. The maximum Gasteiger partial charge on any atom is 0.285 e. The lowest BCUT2D eigenvalue weighted by atomic mass is 10.5. The van der Waals surface area contributed by atoms with Crippen molar-refractivity contribution in [3.8, 4) is 0 Å². The Hall–Kier alpha value is -1.95. The lowest BCUT2D eigenvalue weighted by molar-refractivity contribution is 0.0949. The van der Waals surface area contributed by atoms with E-state index in [0.29, 0.717) is 5.65 Å². The van der Waals surface area contributed by atoms with E-state index >= 15 is 0 Å². The van der Waals surface area contributed by atoms with Gasteiger partial charge in [-0.25, -0.2) is 10.8 Å². The summed E-state index contributed by atoms with van der Waals surface area (Å²) < 4.78 is 1.69. The Morgan fingerprint density at radius 2 is 2.46 bits per heavy atom. The van der Waals surface area contributed by atoms with Gasteiger partial charge in [0.15, 0.2) is 5.65 Å². The molecule has 0 aliphatic rings. The number of amides is 1. The molecule has 2 rings (SSSR count). The minimum atomic E-state index is -0.413. The Balaban J connectivity index is 2.56. The highest BCUT2D eigenvalue weighted by Crippen LogP contribution is 2.01. The number of imidazole rings is 1. The summed E-state index contributed by atoms with van der Waals surface area (Å²) in [4.78, 5) is 18.9. The van der Waals surface area contributed by atoms with Crippen molar-refractivity contribution in [2.45, 2.75) is 0 Å². The van der Waals surface area contributed by atoms with Crippen molar-refractivity contribution in [2.24, 2.45) is 5.84 Å². The summed E-state index contributed by atoms with van der Waals surface area (Å²) in [7, 11) is 0. The van der Waals surface area contributed by atoms with Gasteiger partial charge in [0.1, 0.15) is 5.69 Å². The van der Waals surface area contributed by atoms with Crippen molar-refractivity contribution in [3.05, 3.63) is 30.5 Å². The highest BCUT2D eigenvalue weighted by molar-refractivity contribution is 5.92. The number of nitrogens with two attached hydrogens (primary N) is 1. The third-order valence-corrected chi connectivity index (χ3v) is 1.63. The number of nitrogen functional groups attached to an aromatic ring is 1. The second kappa shape index (κ2) is 2.83. The molecule has 2 heterocycles. The monoisotopic (exact) mass is 177 g/mol. The van der Waals surface area contributed by atoms with Crippen molar-refractivity contribution in [3.63, 3.8) is 0 Å². The van der Waals surface area contributed by atoms with E-state index in [1.54, 1.807) is 29.2 Å². The normalized spacial score (nSPS) is 10.2. The van der Waals surface area contributed by atoms with Crippen LogP contribution in [0.4, 0.5) is 0 Å². The third kappa shape index (κ3) is 1.23. The van der Waals surface area contributed by atoms with Gasteiger partial charge in [0, 0.05) is 18.6 Å². The maximum atomic E-state index is 11.1.